The number of rotatable bonds is 17. The summed E-state index contributed by atoms with van der Waals surface area (Å²) in [6.07, 6.45) is 6.93. The van der Waals surface area contributed by atoms with Crippen molar-refractivity contribution >= 4 is 35.4 Å². The van der Waals surface area contributed by atoms with Gasteiger partial charge in [0.05, 0.1) is 12.1 Å². The number of imide groups is 1. The molecule has 2 rings (SSSR count). The van der Waals surface area contributed by atoms with Crippen LogP contribution >= 0.6 is 0 Å². The fourth-order valence-electron chi connectivity index (χ4n) is 7.17. The average Bonchev–Trinajstić information content (AvgIpc) is 3.65. The maximum absolute atomic E-state index is 14.1. The molecule has 0 aromatic carbocycles. The Morgan fingerprint density at radius 2 is 1.61 bits per heavy atom. The van der Waals surface area contributed by atoms with E-state index < -0.39 is 65.8 Å². The van der Waals surface area contributed by atoms with Crippen LogP contribution < -0.4 is 5.32 Å². The van der Waals surface area contributed by atoms with Gasteiger partial charge in [0.1, 0.15) is 24.2 Å². The van der Waals surface area contributed by atoms with E-state index in [0.717, 1.165) is 24.2 Å². The highest BCUT2D eigenvalue weighted by Crippen LogP contribution is 2.27. The lowest BCUT2D eigenvalue weighted by molar-refractivity contribution is -0.155. The first-order valence-corrected chi connectivity index (χ1v) is 18.2. The van der Waals surface area contributed by atoms with E-state index in [-0.39, 0.29) is 23.7 Å². The summed E-state index contributed by atoms with van der Waals surface area (Å²) in [5.41, 5.74) is 0. The molecular weight excluding hydrogens is 626 g/mol. The van der Waals surface area contributed by atoms with E-state index in [1.54, 1.807) is 33.9 Å². The summed E-state index contributed by atoms with van der Waals surface area (Å²) in [5.74, 6) is -2.92. The summed E-state index contributed by atoms with van der Waals surface area (Å²) in [6, 6.07) is -4.51. The van der Waals surface area contributed by atoms with Crippen molar-refractivity contribution in [3.8, 4) is 0 Å². The van der Waals surface area contributed by atoms with Crippen molar-refractivity contribution in [3.63, 3.8) is 0 Å². The topological polar surface area (TPSA) is 148 Å². The lowest BCUT2D eigenvalue weighted by Gasteiger charge is -2.38. The molecule has 8 unspecified atom stereocenters. The molecule has 2 aliphatic heterocycles. The molecule has 2 aliphatic rings. The molecule has 1 fully saturated rings. The molecule has 2 heterocycles. The Bertz CT molecular complexity index is 1220. The molecule has 0 aliphatic carbocycles. The van der Waals surface area contributed by atoms with Crippen LogP contribution in [0.5, 0.6) is 0 Å². The summed E-state index contributed by atoms with van der Waals surface area (Å²) < 4.78 is 0. The third-order valence-electron chi connectivity index (χ3n) is 9.96. The molecule has 0 spiro atoms. The van der Waals surface area contributed by atoms with E-state index in [0.29, 0.717) is 38.1 Å². The van der Waals surface area contributed by atoms with Gasteiger partial charge in [-0.15, -0.1) is 0 Å². The number of nitrogens with one attached hydrogen (secondary N) is 1. The second-order valence-corrected chi connectivity index (χ2v) is 15.2. The SMILES string of the molecule is CCCCC(C)CC(C)C(=O)N(C)C(CC(C)C)C(=O)NC(C(=O)N(C)C(C(=O)N1CCCC1C(=O)N1C(=O)C=CC1C)C(C)C)C(C)O. The zero-order chi connectivity index (χ0) is 37.3. The number of carbonyl (C=O) groups is 6. The standard InChI is InChI=1S/C37H63N5O7/c1-12-13-15-24(6)21-25(7)34(46)39(10)29(20-22(2)3)33(45)38-31(27(9)43)36(48)40(11)32(23(4)5)37(49)41-19-14-16-28(41)35(47)42-26(8)17-18-30(42)44/h17-18,22-29,31-32,43H,12-16,19-21H2,1-11H3,(H,38,45). The van der Waals surface area contributed by atoms with Gasteiger partial charge in [-0.3, -0.25) is 33.7 Å². The quantitative estimate of drug-likeness (QED) is 0.223. The largest absolute Gasteiger partial charge is 0.391 e. The van der Waals surface area contributed by atoms with Crippen LogP contribution in [0.25, 0.3) is 0 Å². The van der Waals surface area contributed by atoms with E-state index in [9.17, 15) is 33.9 Å². The van der Waals surface area contributed by atoms with Gasteiger partial charge in [0.15, 0.2) is 0 Å². The second kappa shape index (κ2) is 18.6. The van der Waals surface area contributed by atoms with Gasteiger partial charge < -0.3 is 25.1 Å². The van der Waals surface area contributed by atoms with Crippen LogP contribution in [0.2, 0.25) is 0 Å². The molecule has 0 saturated carbocycles. The van der Waals surface area contributed by atoms with Crippen LogP contribution in [0.4, 0.5) is 0 Å². The molecule has 0 aromatic rings. The zero-order valence-electron chi connectivity index (χ0n) is 31.8. The predicted octanol–water partition coefficient (Wildman–Crippen LogP) is 3.37. The number of likely N-dealkylation sites (tertiary alicyclic amines) is 1. The van der Waals surface area contributed by atoms with Gasteiger partial charge in [-0.1, -0.05) is 73.8 Å². The molecular formula is C37H63N5O7. The molecule has 1 saturated heterocycles. The fourth-order valence-corrected chi connectivity index (χ4v) is 7.17. The average molecular weight is 690 g/mol. The molecule has 12 nitrogen and oxygen atoms in total. The van der Waals surface area contributed by atoms with Crippen LogP contribution in [0.3, 0.4) is 0 Å². The number of hydrogen-bond acceptors (Lipinski definition) is 7. The van der Waals surface area contributed by atoms with Crippen molar-refractivity contribution < 1.29 is 33.9 Å². The molecule has 0 aromatic heterocycles. The van der Waals surface area contributed by atoms with Crippen molar-refractivity contribution in [3.05, 3.63) is 12.2 Å². The van der Waals surface area contributed by atoms with E-state index in [2.05, 4.69) is 19.2 Å². The molecule has 12 heteroatoms. The number of unbranched alkanes of at least 4 members (excludes halogenated alkanes) is 1. The van der Waals surface area contributed by atoms with Gasteiger partial charge in [-0.25, -0.2) is 0 Å². The normalized spacial score (nSPS) is 21.4. The van der Waals surface area contributed by atoms with E-state index in [4.69, 9.17) is 0 Å². The summed E-state index contributed by atoms with van der Waals surface area (Å²) in [6.45, 7) is 17.1. The third-order valence-corrected chi connectivity index (χ3v) is 9.96. The summed E-state index contributed by atoms with van der Waals surface area (Å²) >= 11 is 0. The summed E-state index contributed by atoms with van der Waals surface area (Å²) in [5, 5.41) is 13.5. The van der Waals surface area contributed by atoms with Gasteiger partial charge in [0, 0.05) is 32.6 Å². The van der Waals surface area contributed by atoms with Gasteiger partial charge in [-0.05, 0) is 57.3 Å². The lowest BCUT2D eigenvalue weighted by Crippen LogP contribution is -2.62. The zero-order valence-corrected chi connectivity index (χ0v) is 31.8. The molecule has 278 valence electrons. The number of likely N-dealkylation sites (N-methyl/N-ethyl adjacent to an activating group) is 2. The number of aliphatic hydroxyl groups excluding tert-OH is 1. The number of hydrogen-bond donors (Lipinski definition) is 2. The smallest absolute Gasteiger partial charge is 0.253 e. The minimum absolute atomic E-state index is 0.0573. The van der Waals surface area contributed by atoms with E-state index >= 15 is 0 Å². The molecule has 0 bridgehead atoms. The Kier molecular flexibility index (Phi) is 15.9. The molecule has 0 radical (unpaired) electrons. The van der Waals surface area contributed by atoms with Crippen molar-refractivity contribution in [1.82, 2.24) is 24.9 Å². The minimum atomic E-state index is -1.39. The van der Waals surface area contributed by atoms with Gasteiger partial charge in [0.25, 0.3) is 11.8 Å². The Balaban J connectivity index is 2.27. The lowest BCUT2D eigenvalue weighted by atomic mass is 9.91. The first-order valence-electron chi connectivity index (χ1n) is 18.2. The Morgan fingerprint density at radius 1 is 0.980 bits per heavy atom. The maximum atomic E-state index is 14.1. The maximum Gasteiger partial charge on any atom is 0.253 e. The van der Waals surface area contributed by atoms with Crippen LogP contribution in [0.15, 0.2) is 12.2 Å². The highest BCUT2D eigenvalue weighted by atomic mass is 16.3. The van der Waals surface area contributed by atoms with E-state index in [1.165, 1.54) is 34.7 Å². The van der Waals surface area contributed by atoms with Crippen LogP contribution in [-0.4, -0.2) is 117 Å². The fraction of sp³-hybridized carbons (Fsp3) is 0.784. The number of amides is 6. The first kappa shape index (κ1) is 41.9. The Labute approximate surface area is 294 Å². The second-order valence-electron chi connectivity index (χ2n) is 15.2. The van der Waals surface area contributed by atoms with Crippen molar-refractivity contribution in [1.29, 1.82) is 0 Å². The van der Waals surface area contributed by atoms with Gasteiger partial charge in [0.2, 0.25) is 23.6 Å². The minimum Gasteiger partial charge on any atom is -0.391 e. The van der Waals surface area contributed by atoms with Crippen molar-refractivity contribution in [2.75, 3.05) is 20.6 Å². The van der Waals surface area contributed by atoms with Crippen molar-refractivity contribution in [2.45, 2.75) is 144 Å². The van der Waals surface area contributed by atoms with Crippen LogP contribution in [0.1, 0.15) is 107 Å². The molecule has 6 amide bonds. The third kappa shape index (κ3) is 10.6. The monoisotopic (exact) mass is 689 g/mol. The number of aliphatic hydroxyl groups is 1. The Morgan fingerprint density at radius 3 is 2.12 bits per heavy atom. The number of carbonyl (C=O) groups excluding carboxylic acids is 6. The Hall–Kier alpha value is -3.28. The summed E-state index contributed by atoms with van der Waals surface area (Å²) in [4.78, 5) is 86.7. The highest BCUT2D eigenvalue weighted by molar-refractivity contribution is 6.06. The van der Waals surface area contributed by atoms with Gasteiger partial charge >= 0.3 is 0 Å². The van der Waals surface area contributed by atoms with Crippen molar-refractivity contribution in [2.24, 2.45) is 23.7 Å². The first-order chi connectivity index (χ1) is 22.8. The molecule has 49 heavy (non-hydrogen) atoms. The highest BCUT2D eigenvalue weighted by Gasteiger charge is 2.45. The molecule has 8 atom stereocenters. The predicted molar refractivity (Wildman–Crippen MR) is 189 cm³/mol. The van der Waals surface area contributed by atoms with Gasteiger partial charge in [-0.2, -0.15) is 0 Å². The summed E-state index contributed by atoms with van der Waals surface area (Å²) in [7, 11) is 3.07. The number of nitrogens with zero attached hydrogens (tertiary/aromatic N) is 4. The van der Waals surface area contributed by atoms with E-state index in [1.807, 2.05) is 20.8 Å². The molecule has 2 N–H and O–H groups in total. The van der Waals surface area contributed by atoms with Crippen LogP contribution in [-0.2, 0) is 28.8 Å². The van der Waals surface area contributed by atoms with Crippen LogP contribution in [0, 0.1) is 23.7 Å².